The zero-order valence-electron chi connectivity index (χ0n) is 15.8. The Kier molecular flexibility index (Phi) is 6.30. The van der Waals surface area contributed by atoms with Crippen molar-refractivity contribution in [3.8, 4) is 17.2 Å². The molecule has 2 heterocycles. The monoisotopic (exact) mass is 357 g/mol. The smallest absolute Gasteiger partial charge is 0.231 e. The van der Waals surface area contributed by atoms with E-state index in [1.807, 2.05) is 31.3 Å². The van der Waals surface area contributed by atoms with Gasteiger partial charge in [-0.2, -0.15) is 0 Å². The van der Waals surface area contributed by atoms with E-state index < -0.39 is 0 Å². The first-order chi connectivity index (χ1) is 12.7. The molecule has 0 unspecified atom stereocenters. The number of benzene rings is 1. The van der Waals surface area contributed by atoms with Crippen LogP contribution in [0.15, 0.2) is 36.7 Å². The van der Waals surface area contributed by atoms with Crippen molar-refractivity contribution in [3.05, 3.63) is 47.8 Å². The van der Waals surface area contributed by atoms with Crippen molar-refractivity contribution in [1.29, 1.82) is 0 Å². The second-order valence-electron chi connectivity index (χ2n) is 6.62. The summed E-state index contributed by atoms with van der Waals surface area (Å²) in [6, 6.07) is 8.07. The Labute approximate surface area is 155 Å². The molecule has 3 rings (SSSR count). The van der Waals surface area contributed by atoms with Crippen LogP contribution in [0.4, 0.5) is 0 Å². The number of pyridine rings is 1. The molecular formula is C20H27N3O3. The number of rotatable bonds is 9. The fraction of sp³-hybridized carbons (Fsp3) is 0.450. The molecular weight excluding hydrogens is 330 g/mol. The van der Waals surface area contributed by atoms with E-state index in [-0.39, 0.29) is 6.79 Å². The lowest BCUT2D eigenvalue weighted by molar-refractivity contribution is 0.173. The van der Waals surface area contributed by atoms with Crippen LogP contribution in [0, 0.1) is 0 Å². The number of hydrogen-bond donors (Lipinski definition) is 0. The van der Waals surface area contributed by atoms with E-state index in [2.05, 4.69) is 34.9 Å². The van der Waals surface area contributed by atoms with E-state index >= 15 is 0 Å². The average Bonchev–Trinajstić information content (AvgIpc) is 3.08. The molecule has 0 spiro atoms. The number of hydrogen-bond acceptors (Lipinski definition) is 6. The lowest BCUT2D eigenvalue weighted by Crippen LogP contribution is -2.31. The molecule has 2 aromatic rings. The Bertz CT molecular complexity index is 707. The van der Waals surface area contributed by atoms with Gasteiger partial charge in [0.05, 0.1) is 6.61 Å². The quantitative estimate of drug-likeness (QED) is 0.688. The van der Waals surface area contributed by atoms with Crippen LogP contribution in [0.2, 0.25) is 0 Å². The second kappa shape index (κ2) is 8.87. The van der Waals surface area contributed by atoms with Gasteiger partial charge in [-0.25, -0.2) is 0 Å². The Morgan fingerprint density at radius 1 is 1.12 bits per heavy atom. The predicted octanol–water partition coefficient (Wildman–Crippen LogP) is 2.77. The van der Waals surface area contributed by atoms with Crippen LogP contribution in [0.5, 0.6) is 17.2 Å². The Morgan fingerprint density at radius 2 is 1.92 bits per heavy atom. The zero-order chi connectivity index (χ0) is 18.4. The van der Waals surface area contributed by atoms with E-state index in [1.54, 1.807) is 6.20 Å². The predicted molar refractivity (Wildman–Crippen MR) is 101 cm³/mol. The molecule has 1 aliphatic heterocycles. The fourth-order valence-corrected chi connectivity index (χ4v) is 2.93. The lowest BCUT2D eigenvalue weighted by Gasteiger charge is -2.25. The van der Waals surface area contributed by atoms with Crippen LogP contribution in [-0.4, -0.2) is 55.4 Å². The van der Waals surface area contributed by atoms with Crippen LogP contribution in [0.25, 0.3) is 0 Å². The Morgan fingerprint density at radius 3 is 2.62 bits per heavy atom. The van der Waals surface area contributed by atoms with Crippen LogP contribution < -0.4 is 14.2 Å². The van der Waals surface area contributed by atoms with Gasteiger partial charge >= 0.3 is 0 Å². The highest BCUT2D eigenvalue weighted by Crippen LogP contribution is 2.38. The fourth-order valence-electron chi connectivity index (χ4n) is 2.93. The van der Waals surface area contributed by atoms with Crippen molar-refractivity contribution < 1.29 is 14.2 Å². The van der Waals surface area contributed by atoms with Gasteiger partial charge in [-0.3, -0.25) is 9.88 Å². The van der Waals surface area contributed by atoms with Crippen LogP contribution >= 0.6 is 0 Å². The summed E-state index contributed by atoms with van der Waals surface area (Å²) < 4.78 is 16.9. The van der Waals surface area contributed by atoms with Crippen molar-refractivity contribution in [2.24, 2.45) is 0 Å². The van der Waals surface area contributed by atoms with Gasteiger partial charge in [0.2, 0.25) is 6.79 Å². The largest absolute Gasteiger partial charge is 0.493 e. The summed E-state index contributed by atoms with van der Waals surface area (Å²) in [5, 5.41) is 0. The van der Waals surface area contributed by atoms with E-state index in [0.29, 0.717) is 6.61 Å². The third kappa shape index (κ3) is 4.86. The number of likely N-dealkylation sites (N-methyl/N-ethyl adjacent to an activating group) is 1. The summed E-state index contributed by atoms with van der Waals surface area (Å²) in [6.45, 7) is 6.41. The number of nitrogens with zero attached hydrogens (tertiary/aromatic N) is 3. The Hall–Kier alpha value is -2.31. The molecule has 1 aromatic carbocycles. The molecule has 0 aliphatic carbocycles. The van der Waals surface area contributed by atoms with Gasteiger partial charge in [-0.05, 0) is 38.7 Å². The second-order valence-corrected chi connectivity index (χ2v) is 6.62. The van der Waals surface area contributed by atoms with Crippen molar-refractivity contribution in [2.75, 3.05) is 40.6 Å². The molecule has 0 radical (unpaired) electrons. The molecule has 0 atom stereocenters. The molecule has 6 nitrogen and oxygen atoms in total. The van der Waals surface area contributed by atoms with Gasteiger partial charge in [-0.1, -0.05) is 6.07 Å². The van der Waals surface area contributed by atoms with Crippen LogP contribution in [-0.2, 0) is 13.1 Å². The zero-order valence-corrected chi connectivity index (χ0v) is 15.8. The molecule has 1 aromatic heterocycles. The van der Waals surface area contributed by atoms with E-state index in [0.717, 1.165) is 49.0 Å². The third-order valence-electron chi connectivity index (χ3n) is 4.24. The first kappa shape index (κ1) is 18.5. The molecule has 0 fully saturated rings. The minimum absolute atomic E-state index is 0.268. The molecule has 26 heavy (non-hydrogen) atoms. The molecule has 6 heteroatoms. The summed E-state index contributed by atoms with van der Waals surface area (Å²) in [5.41, 5.74) is 2.31. The highest BCUT2D eigenvalue weighted by atomic mass is 16.7. The number of aromatic nitrogens is 1. The molecule has 140 valence electrons. The van der Waals surface area contributed by atoms with Crippen molar-refractivity contribution in [1.82, 2.24) is 14.8 Å². The van der Waals surface area contributed by atoms with Gasteiger partial charge in [0.15, 0.2) is 11.5 Å². The first-order valence-electron chi connectivity index (χ1n) is 8.97. The molecule has 0 saturated carbocycles. The Balaban J connectivity index is 1.80. The summed E-state index contributed by atoms with van der Waals surface area (Å²) in [6.07, 6.45) is 3.73. The lowest BCUT2D eigenvalue weighted by atomic mass is 10.1. The van der Waals surface area contributed by atoms with E-state index in [1.165, 1.54) is 5.56 Å². The van der Waals surface area contributed by atoms with Crippen LogP contribution in [0.3, 0.4) is 0 Å². The molecule has 0 N–H and O–H groups in total. The molecule has 1 aliphatic rings. The van der Waals surface area contributed by atoms with Gasteiger partial charge in [0.25, 0.3) is 0 Å². The highest BCUT2D eigenvalue weighted by molar-refractivity contribution is 5.51. The van der Waals surface area contributed by atoms with Crippen LogP contribution in [0.1, 0.15) is 18.1 Å². The van der Waals surface area contributed by atoms with Gasteiger partial charge in [0.1, 0.15) is 5.75 Å². The molecule has 0 saturated heterocycles. The van der Waals surface area contributed by atoms with Gasteiger partial charge in [0, 0.05) is 50.2 Å². The summed E-state index contributed by atoms with van der Waals surface area (Å²) >= 11 is 0. The van der Waals surface area contributed by atoms with E-state index in [4.69, 9.17) is 14.2 Å². The maximum atomic E-state index is 5.85. The van der Waals surface area contributed by atoms with Gasteiger partial charge < -0.3 is 19.1 Å². The minimum Gasteiger partial charge on any atom is -0.493 e. The summed E-state index contributed by atoms with van der Waals surface area (Å²) in [5.74, 6) is 2.40. The van der Waals surface area contributed by atoms with E-state index in [9.17, 15) is 0 Å². The normalized spacial score (nSPS) is 12.8. The topological polar surface area (TPSA) is 47.1 Å². The standard InChI is InChI=1S/C20H27N3O3/c1-4-24-18-11-20-19(25-15-26-20)10-17(18)14-23(9-8-22(2)3)13-16-6-5-7-21-12-16/h5-7,10-12H,4,8-9,13-15H2,1-3H3. The minimum atomic E-state index is 0.268. The molecule has 0 bridgehead atoms. The van der Waals surface area contributed by atoms with Crippen molar-refractivity contribution in [3.63, 3.8) is 0 Å². The molecule has 0 amide bonds. The highest BCUT2D eigenvalue weighted by Gasteiger charge is 2.20. The third-order valence-corrected chi connectivity index (χ3v) is 4.24. The van der Waals surface area contributed by atoms with Crippen molar-refractivity contribution in [2.45, 2.75) is 20.0 Å². The van der Waals surface area contributed by atoms with Gasteiger partial charge in [-0.15, -0.1) is 0 Å². The summed E-state index contributed by atoms with van der Waals surface area (Å²) in [4.78, 5) is 8.83. The maximum absolute atomic E-state index is 5.85. The first-order valence-corrected chi connectivity index (χ1v) is 8.97. The van der Waals surface area contributed by atoms with Crippen molar-refractivity contribution >= 4 is 0 Å². The average molecular weight is 357 g/mol. The summed E-state index contributed by atoms with van der Waals surface area (Å²) in [7, 11) is 4.18. The number of fused-ring (bicyclic) bond motifs is 1. The number of ether oxygens (including phenoxy) is 3. The SMILES string of the molecule is CCOc1cc2c(cc1CN(CCN(C)C)Cc1cccnc1)OCO2. The maximum Gasteiger partial charge on any atom is 0.231 e.